The number of imide groups is 4. The topological polar surface area (TPSA) is 115 Å². The number of benzene rings is 1. The van der Waals surface area contributed by atoms with Crippen LogP contribution in [0.15, 0.2) is 53.6 Å². The lowest BCUT2D eigenvalue weighted by Gasteiger charge is -2.28. The molecule has 0 unspecified atom stereocenters. The average Bonchev–Trinajstić information content (AvgIpc) is 3.65. The summed E-state index contributed by atoms with van der Waals surface area (Å²) < 4.78 is 0. The van der Waals surface area contributed by atoms with Crippen molar-refractivity contribution in [2.75, 3.05) is 28.2 Å². The number of urea groups is 2. The minimum Gasteiger partial charge on any atom is -0.268 e. The molecule has 0 saturated carbocycles. The van der Waals surface area contributed by atoms with Gasteiger partial charge < -0.3 is 0 Å². The molecule has 1 aromatic carbocycles. The highest BCUT2D eigenvalue weighted by Gasteiger charge is 2.39. The Kier molecular flexibility index (Phi) is 7.76. The van der Waals surface area contributed by atoms with Crippen molar-refractivity contribution in [2.24, 2.45) is 0 Å². The van der Waals surface area contributed by atoms with Gasteiger partial charge in [-0.25, -0.2) is 9.59 Å². The lowest BCUT2D eigenvalue weighted by atomic mass is 10.0. The molecule has 2 fully saturated rings. The van der Waals surface area contributed by atoms with Crippen LogP contribution in [0.1, 0.15) is 35.8 Å². The largest absolute Gasteiger partial charge is 0.333 e. The van der Waals surface area contributed by atoms with Crippen LogP contribution in [0.2, 0.25) is 0 Å². The summed E-state index contributed by atoms with van der Waals surface area (Å²) in [7, 11) is 5.38. The zero-order valence-electron chi connectivity index (χ0n) is 24.3. The molecule has 0 spiro atoms. The molecular weight excluding hydrogens is 588 g/mol. The van der Waals surface area contributed by atoms with E-state index in [4.69, 9.17) is 0 Å². The van der Waals surface area contributed by atoms with Gasteiger partial charge in [0.2, 0.25) is 0 Å². The number of likely N-dealkylation sites (N-methyl/N-ethyl adjacent to an activating group) is 4. The molecule has 0 N–H and O–H groups in total. The van der Waals surface area contributed by atoms with E-state index in [9.17, 15) is 28.8 Å². The predicted molar refractivity (Wildman–Crippen MR) is 165 cm³/mol. The van der Waals surface area contributed by atoms with Crippen LogP contribution in [-0.2, 0) is 19.2 Å². The number of amides is 8. The molecule has 0 atom stereocenters. The number of carbonyl (C=O) groups is 6. The van der Waals surface area contributed by atoms with Crippen LogP contribution in [0.5, 0.6) is 0 Å². The third kappa shape index (κ3) is 5.23. The highest BCUT2D eigenvalue weighted by Crippen LogP contribution is 2.44. The van der Waals surface area contributed by atoms with Crippen molar-refractivity contribution in [3.05, 3.63) is 69.6 Å². The number of hydrogen-bond donors (Lipinski definition) is 0. The van der Waals surface area contributed by atoms with E-state index in [-0.39, 0.29) is 17.1 Å². The van der Waals surface area contributed by atoms with Crippen molar-refractivity contribution < 1.29 is 28.8 Å². The van der Waals surface area contributed by atoms with Gasteiger partial charge in [0, 0.05) is 47.7 Å². The van der Waals surface area contributed by atoms with E-state index in [0.717, 1.165) is 50.2 Å². The third-order valence-electron chi connectivity index (χ3n) is 7.31. The predicted octanol–water partition coefficient (Wildman–Crippen LogP) is 5.13. The molecule has 2 aliphatic heterocycles. The molecule has 0 aliphatic carbocycles. The van der Waals surface area contributed by atoms with Gasteiger partial charge in [-0.1, -0.05) is 38.1 Å². The Morgan fingerprint density at radius 2 is 1.09 bits per heavy atom. The van der Waals surface area contributed by atoms with Gasteiger partial charge in [0.1, 0.15) is 11.1 Å². The van der Waals surface area contributed by atoms with Crippen LogP contribution in [-0.4, -0.2) is 83.5 Å². The molecule has 5 rings (SSSR count). The Hall–Kier alpha value is -4.68. The molecule has 10 nitrogen and oxygen atoms in total. The average molecular weight is 617 g/mol. The lowest BCUT2D eigenvalue weighted by Crippen LogP contribution is -2.52. The first-order valence-electron chi connectivity index (χ1n) is 13.3. The summed E-state index contributed by atoms with van der Waals surface area (Å²) in [4.78, 5) is 81.9. The van der Waals surface area contributed by atoms with Gasteiger partial charge in [-0.3, -0.25) is 38.8 Å². The first-order chi connectivity index (χ1) is 20.3. The number of hydrogen-bond acceptors (Lipinski definition) is 8. The number of carbonyl (C=O) groups excluding carboxylic acids is 6. The second-order valence-electron chi connectivity index (χ2n) is 10.5. The maximum atomic E-state index is 12.6. The van der Waals surface area contributed by atoms with Crippen molar-refractivity contribution in [3.8, 4) is 20.2 Å². The van der Waals surface area contributed by atoms with Crippen molar-refractivity contribution in [3.63, 3.8) is 0 Å². The van der Waals surface area contributed by atoms with E-state index in [2.05, 4.69) is 19.9 Å². The Morgan fingerprint density at radius 1 is 0.605 bits per heavy atom. The summed E-state index contributed by atoms with van der Waals surface area (Å²) in [6, 6.07) is 12.1. The molecule has 4 heterocycles. The SMILES string of the molecule is CC(C)c1cc(-c2ccc(C=C3C(=O)N(C)C(=O)N(C)C3=O)cc2)sc1-c1ccc(C=C2C(=O)N(C)C(=O)N(C)C2=O)s1. The van der Waals surface area contributed by atoms with Crippen LogP contribution < -0.4 is 0 Å². The molecule has 8 amide bonds. The normalized spacial score (nSPS) is 16.3. The van der Waals surface area contributed by atoms with Gasteiger partial charge in [-0.15, -0.1) is 22.7 Å². The maximum absolute atomic E-state index is 12.6. The van der Waals surface area contributed by atoms with E-state index in [1.807, 2.05) is 36.4 Å². The Morgan fingerprint density at radius 3 is 1.58 bits per heavy atom. The minimum atomic E-state index is -0.667. The summed E-state index contributed by atoms with van der Waals surface area (Å²) in [5.74, 6) is -2.32. The Balaban J connectivity index is 1.44. The molecular formula is C31H28N4O6S2. The molecule has 2 aliphatic rings. The molecule has 3 aromatic rings. The zero-order valence-corrected chi connectivity index (χ0v) is 26.0. The number of nitrogens with zero attached hydrogens (tertiary/aromatic N) is 4. The molecule has 220 valence electrons. The Bertz CT molecular complexity index is 1730. The van der Waals surface area contributed by atoms with Gasteiger partial charge in [-0.05, 0) is 53.0 Å². The molecule has 12 heteroatoms. The van der Waals surface area contributed by atoms with E-state index in [1.165, 1.54) is 51.7 Å². The van der Waals surface area contributed by atoms with Crippen molar-refractivity contribution in [1.29, 1.82) is 0 Å². The fourth-order valence-corrected chi connectivity index (χ4v) is 7.13. The maximum Gasteiger partial charge on any atom is 0.333 e. The monoisotopic (exact) mass is 616 g/mol. The van der Waals surface area contributed by atoms with Crippen LogP contribution in [0.3, 0.4) is 0 Å². The van der Waals surface area contributed by atoms with Crippen molar-refractivity contribution in [2.45, 2.75) is 19.8 Å². The lowest BCUT2D eigenvalue weighted by molar-refractivity contribution is -0.135. The van der Waals surface area contributed by atoms with Crippen LogP contribution >= 0.6 is 22.7 Å². The first-order valence-corrected chi connectivity index (χ1v) is 14.9. The molecule has 0 bridgehead atoms. The van der Waals surface area contributed by atoms with Gasteiger partial charge >= 0.3 is 12.1 Å². The van der Waals surface area contributed by atoms with Crippen molar-refractivity contribution >= 4 is 70.5 Å². The molecule has 0 radical (unpaired) electrons. The van der Waals surface area contributed by atoms with E-state index in [1.54, 1.807) is 11.3 Å². The van der Waals surface area contributed by atoms with Crippen LogP contribution in [0, 0.1) is 0 Å². The zero-order chi connectivity index (χ0) is 31.3. The van der Waals surface area contributed by atoms with Crippen LogP contribution in [0.4, 0.5) is 9.59 Å². The van der Waals surface area contributed by atoms with Crippen LogP contribution in [0.25, 0.3) is 32.3 Å². The number of thiophene rings is 2. The number of barbiturate groups is 2. The minimum absolute atomic E-state index is 0.0643. The standard InChI is InChI=1S/C31H28N4O6S2/c1-16(2)20-15-24(18-9-7-17(8-10-18)13-21-26(36)32(3)30(40)33(4)27(21)37)43-25(20)23-12-11-19(42-23)14-22-28(38)34(5)31(41)35(6)29(22)39/h7-16H,1-6H3. The van der Waals surface area contributed by atoms with Gasteiger partial charge in [0.25, 0.3) is 23.6 Å². The van der Waals surface area contributed by atoms with Gasteiger partial charge in [0.05, 0.1) is 0 Å². The highest BCUT2D eigenvalue weighted by atomic mass is 32.1. The fraction of sp³-hybridized carbons (Fsp3) is 0.226. The smallest absolute Gasteiger partial charge is 0.268 e. The summed E-state index contributed by atoms with van der Waals surface area (Å²) >= 11 is 3.07. The van der Waals surface area contributed by atoms with Gasteiger partial charge in [-0.2, -0.15) is 0 Å². The Labute approximate surface area is 256 Å². The third-order valence-corrected chi connectivity index (χ3v) is 9.73. The fourth-order valence-electron chi connectivity index (χ4n) is 4.72. The second-order valence-corrected chi connectivity index (χ2v) is 12.7. The highest BCUT2D eigenvalue weighted by molar-refractivity contribution is 7.24. The van der Waals surface area contributed by atoms with Gasteiger partial charge in [0.15, 0.2) is 0 Å². The van der Waals surface area contributed by atoms with E-state index >= 15 is 0 Å². The first kappa shape index (κ1) is 29.8. The van der Waals surface area contributed by atoms with E-state index < -0.39 is 35.7 Å². The summed E-state index contributed by atoms with van der Waals surface area (Å²) in [5.41, 5.74) is 2.61. The van der Waals surface area contributed by atoms with E-state index in [0.29, 0.717) is 5.56 Å². The summed E-state index contributed by atoms with van der Waals surface area (Å²) in [5, 5.41) is 0. The quantitative estimate of drug-likeness (QED) is 0.290. The van der Waals surface area contributed by atoms with Crippen molar-refractivity contribution in [1.82, 2.24) is 19.6 Å². The molecule has 2 saturated heterocycles. The summed E-state index contributed by atoms with van der Waals surface area (Å²) in [6.45, 7) is 4.22. The molecule has 43 heavy (non-hydrogen) atoms. The number of rotatable bonds is 5. The molecule has 2 aromatic heterocycles. The summed E-state index contributed by atoms with van der Waals surface area (Å²) in [6.07, 6.45) is 3.02. The second kappa shape index (κ2) is 11.2.